The second-order valence-corrected chi connectivity index (χ2v) is 7.15. The predicted molar refractivity (Wildman–Crippen MR) is 76.0 cm³/mol. The van der Waals surface area contributed by atoms with Crippen molar-refractivity contribution >= 4 is 27.1 Å². The maximum atomic E-state index is 12.6. The normalized spacial score (nSPS) is 20.3. The lowest BCUT2D eigenvalue weighted by Crippen LogP contribution is -2.42. The summed E-state index contributed by atoms with van der Waals surface area (Å²) in [6.07, 6.45) is 0.963. The summed E-state index contributed by atoms with van der Waals surface area (Å²) in [4.78, 5) is 24.6. The molecule has 8 nitrogen and oxygen atoms in total. The number of oxazole rings is 1. The number of hydrogen-bond acceptors (Lipinski definition) is 5. The van der Waals surface area contributed by atoms with E-state index in [1.807, 2.05) is 0 Å². The molecule has 2 heterocycles. The fraction of sp³-hybridized carbons (Fsp3) is 0.385. The van der Waals surface area contributed by atoms with Crippen LogP contribution in [0, 0.1) is 5.92 Å². The van der Waals surface area contributed by atoms with Gasteiger partial charge in [0.25, 0.3) is 0 Å². The van der Waals surface area contributed by atoms with Crippen molar-refractivity contribution in [1.29, 1.82) is 0 Å². The van der Waals surface area contributed by atoms with Gasteiger partial charge in [-0.2, -0.15) is 4.31 Å². The van der Waals surface area contributed by atoms with E-state index in [0.29, 0.717) is 18.4 Å². The highest BCUT2D eigenvalue weighted by Gasteiger charge is 2.33. The highest BCUT2D eigenvalue weighted by Crippen LogP contribution is 2.25. The van der Waals surface area contributed by atoms with Crippen LogP contribution >= 0.6 is 0 Å². The van der Waals surface area contributed by atoms with Crippen LogP contribution in [0.5, 0.6) is 0 Å². The van der Waals surface area contributed by atoms with Gasteiger partial charge in [-0.3, -0.25) is 9.78 Å². The summed E-state index contributed by atoms with van der Waals surface area (Å²) < 4.78 is 31.2. The number of aliphatic carboxylic acids is 1. The predicted octanol–water partition coefficient (Wildman–Crippen LogP) is 0.606. The first kappa shape index (κ1) is 14.8. The number of fused-ring (bicyclic) bond motifs is 1. The summed E-state index contributed by atoms with van der Waals surface area (Å²) in [5, 5.41) is 9.06. The molecule has 1 fully saturated rings. The van der Waals surface area contributed by atoms with Gasteiger partial charge in [0.2, 0.25) is 10.0 Å². The van der Waals surface area contributed by atoms with Gasteiger partial charge in [-0.25, -0.2) is 13.2 Å². The zero-order valence-electron chi connectivity index (χ0n) is 11.5. The molecule has 0 bridgehead atoms. The Morgan fingerprint density at radius 2 is 2.18 bits per heavy atom. The number of carboxylic acid groups (broad SMARTS) is 1. The van der Waals surface area contributed by atoms with E-state index in [2.05, 4.69) is 4.98 Å². The zero-order valence-corrected chi connectivity index (χ0v) is 12.3. The number of H-pyrrole nitrogens is 1. The van der Waals surface area contributed by atoms with Gasteiger partial charge in [0.05, 0.1) is 16.3 Å². The Morgan fingerprint density at radius 3 is 2.91 bits per heavy atom. The number of aromatic nitrogens is 1. The van der Waals surface area contributed by atoms with E-state index in [1.165, 1.54) is 22.5 Å². The van der Waals surface area contributed by atoms with E-state index in [-0.39, 0.29) is 23.6 Å². The Morgan fingerprint density at radius 1 is 1.41 bits per heavy atom. The van der Waals surface area contributed by atoms with E-state index in [1.54, 1.807) is 0 Å². The molecule has 2 aromatic rings. The van der Waals surface area contributed by atoms with Gasteiger partial charge in [-0.05, 0) is 25.0 Å². The van der Waals surface area contributed by atoms with Crippen molar-refractivity contribution in [2.45, 2.75) is 17.7 Å². The molecule has 1 atom stereocenters. The zero-order chi connectivity index (χ0) is 15.9. The van der Waals surface area contributed by atoms with Crippen molar-refractivity contribution in [3.05, 3.63) is 28.7 Å². The summed E-state index contributed by atoms with van der Waals surface area (Å²) in [6.45, 7) is 0.230. The third-order valence-corrected chi connectivity index (χ3v) is 5.62. The minimum absolute atomic E-state index is 0.0196. The average molecular weight is 326 g/mol. The van der Waals surface area contributed by atoms with E-state index in [9.17, 15) is 18.0 Å². The number of carboxylic acids is 1. The second-order valence-electron chi connectivity index (χ2n) is 5.21. The van der Waals surface area contributed by atoms with Gasteiger partial charge in [0, 0.05) is 19.2 Å². The van der Waals surface area contributed by atoms with E-state index < -0.39 is 27.7 Å². The fourth-order valence-corrected chi connectivity index (χ4v) is 4.14. The first-order chi connectivity index (χ1) is 10.4. The number of carbonyl (C=O) groups is 1. The number of rotatable bonds is 3. The van der Waals surface area contributed by atoms with Crippen LogP contribution in [0.4, 0.5) is 0 Å². The summed E-state index contributed by atoms with van der Waals surface area (Å²) in [5.41, 5.74) is 0.559. The molecule has 1 saturated heterocycles. The topological polar surface area (TPSA) is 121 Å². The summed E-state index contributed by atoms with van der Waals surface area (Å²) in [7, 11) is -3.82. The quantitative estimate of drug-likeness (QED) is 0.852. The molecule has 1 aliphatic rings. The lowest BCUT2D eigenvalue weighted by atomic mass is 10.0. The van der Waals surface area contributed by atoms with Crippen LogP contribution in [0.15, 0.2) is 32.3 Å². The van der Waals surface area contributed by atoms with Gasteiger partial charge in [-0.15, -0.1) is 0 Å². The first-order valence-electron chi connectivity index (χ1n) is 6.74. The number of hydrogen-bond donors (Lipinski definition) is 2. The third kappa shape index (κ3) is 2.53. The fourth-order valence-electron chi connectivity index (χ4n) is 2.60. The Bertz CT molecular complexity index is 881. The van der Waals surface area contributed by atoms with E-state index in [0.717, 1.165) is 0 Å². The maximum Gasteiger partial charge on any atom is 0.417 e. The molecule has 2 N–H and O–H groups in total. The third-order valence-electron chi connectivity index (χ3n) is 3.76. The van der Waals surface area contributed by atoms with Crippen LogP contribution in [0.25, 0.3) is 11.1 Å². The molecule has 22 heavy (non-hydrogen) atoms. The number of aromatic amines is 1. The highest BCUT2D eigenvalue weighted by atomic mass is 32.2. The van der Waals surface area contributed by atoms with Gasteiger partial charge in [-0.1, -0.05) is 0 Å². The highest BCUT2D eigenvalue weighted by molar-refractivity contribution is 7.89. The maximum absolute atomic E-state index is 12.6. The Labute approximate surface area is 125 Å². The monoisotopic (exact) mass is 326 g/mol. The number of benzene rings is 1. The average Bonchev–Trinajstić information content (AvgIpc) is 2.86. The minimum atomic E-state index is -3.82. The van der Waals surface area contributed by atoms with Gasteiger partial charge >= 0.3 is 11.7 Å². The number of sulfonamides is 1. The smallest absolute Gasteiger partial charge is 0.417 e. The minimum Gasteiger partial charge on any atom is -0.481 e. The molecule has 1 aliphatic heterocycles. The number of piperidine rings is 1. The van der Waals surface area contributed by atoms with E-state index in [4.69, 9.17) is 9.52 Å². The molecule has 0 saturated carbocycles. The first-order valence-corrected chi connectivity index (χ1v) is 8.18. The van der Waals surface area contributed by atoms with Crippen LogP contribution in [0.3, 0.4) is 0 Å². The second kappa shape index (κ2) is 5.25. The SMILES string of the molecule is O=C(O)[C@H]1CCCN(S(=O)(=O)c2ccc3[nH]c(=O)oc3c2)C1. The Hall–Kier alpha value is -2.13. The standard InChI is InChI=1S/C13H14N2O6S/c16-12(17)8-2-1-5-15(7-8)22(19,20)9-3-4-10-11(6-9)21-13(18)14-10/h3-4,6,8H,1-2,5,7H2,(H,14,18)(H,16,17)/t8-/m0/s1. The molecule has 0 spiro atoms. The Balaban J connectivity index is 1.96. The molecular weight excluding hydrogens is 312 g/mol. The van der Waals surface area contributed by atoms with Crippen LogP contribution in [-0.4, -0.2) is 41.9 Å². The molecule has 9 heteroatoms. The lowest BCUT2D eigenvalue weighted by Gasteiger charge is -2.29. The summed E-state index contributed by atoms with van der Waals surface area (Å²) in [6, 6.07) is 4.09. The molecule has 118 valence electrons. The molecular formula is C13H14N2O6S. The molecule has 0 amide bonds. The molecule has 1 aromatic carbocycles. The molecule has 0 aliphatic carbocycles. The molecule has 1 aromatic heterocycles. The number of nitrogens with one attached hydrogen (secondary N) is 1. The van der Waals surface area contributed by atoms with Crippen molar-refractivity contribution in [1.82, 2.24) is 9.29 Å². The molecule has 0 radical (unpaired) electrons. The van der Waals surface area contributed by atoms with Crippen molar-refractivity contribution < 1.29 is 22.7 Å². The summed E-state index contributed by atoms with van der Waals surface area (Å²) in [5.74, 6) is -2.35. The van der Waals surface area contributed by atoms with Gasteiger partial charge in [0.15, 0.2) is 5.58 Å². The van der Waals surface area contributed by atoms with Crippen molar-refractivity contribution in [2.75, 3.05) is 13.1 Å². The van der Waals surface area contributed by atoms with Gasteiger partial charge in [0.1, 0.15) is 0 Å². The Kier molecular flexibility index (Phi) is 3.53. The lowest BCUT2D eigenvalue weighted by molar-refractivity contribution is -0.142. The van der Waals surface area contributed by atoms with Crippen molar-refractivity contribution in [3.63, 3.8) is 0 Å². The van der Waals surface area contributed by atoms with Crippen molar-refractivity contribution in [2.24, 2.45) is 5.92 Å². The van der Waals surface area contributed by atoms with E-state index >= 15 is 0 Å². The van der Waals surface area contributed by atoms with Crippen LogP contribution < -0.4 is 5.76 Å². The van der Waals surface area contributed by atoms with Crippen LogP contribution in [0.2, 0.25) is 0 Å². The number of nitrogens with zero attached hydrogens (tertiary/aromatic N) is 1. The molecule has 0 unspecified atom stereocenters. The van der Waals surface area contributed by atoms with Gasteiger partial charge < -0.3 is 9.52 Å². The molecule has 3 rings (SSSR count). The summed E-state index contributed by atoms with van der Waals surface area (Å²) >= 11 is 0. The van der Waals surface area contributed by atoms with Crippen LogP contribution in [0.1, 0.15) is 12.8 Å². The largest absolute Gasteiger partial charge is 0.481 e. The van der Waals surface area contributed by atoms with Crippen LogP contribution in [-0.2, 0) is 14.8 Å². The van der Waals surface area contributed by atoms with Crippen molar-refractivity contribution in [3.8, 4) is 0 Å².